The van der Waals surface area contributed by atoms with E-state index in [4.69, 9.17) is 9.47 Å². The topological polar surface area (TPSA) is 50.8 Å². The predicted octanol–water partition coefficient (Wildman–Crippen LogP) is 3.56. The van der Waals surface area contributed by atoms with Crippen LogP contribution in [0.3, 0.4) is 0 Å². The van der Waals surface area contributed by atoms with E-state index in [0.29, 0.717) is 36.8 Å². The number of anilines is 1. The first-order valence-electron chi connectivity index (χ1n) is 9.60. The summed E-state index contributed by atoms with van der Waals surface area (Å²) < 4.78 is 24.8. The summed E-state index contributed by atoms with van der Waals surface area (Å²) in [5, 5.41) is 3.08. The highest BCUT2D eigenvalue weighted by molar-refractivity contribution is 5.94. The normalized spacial score (nSPS) is 16.7. The molecule has 0 spiro atoms. The molecule has 28 heavy (non-hydrogen) atoms. The Balaban J connectivity index is 1.62. The first-order valence-corrected chi connectivity index (χ1v) is 9.60. The second-order valence-electron chi connectivity index (χ2n) is 7.08. The molecule has 1 fully saturated rings. The van der Waals surface area contributed by atoms with E-state index in [1.165, 1.54) is 6.07 Å². The van der Waals surface area contributed by atoms with E-state index in [2.05, 4.69) is 5.32 Å². The number of amides is 1. The Bertz CT molecular complexity index is 812. The third kappa shape index (κ3) is 5.23. The van der Waals surface area contributed by atoms with Gasteiger partial charge in [0.2, 0.25) is 0 Å². The van der Waals surface area contributed by atoms with Gasteiger partial charge in [-0.25, -0.2) is 4.39 Å². The Labute approximate surface area is 165 Å². The Morgan fingerprint density at radius 1 is 1.25 bits per heavy atom. The zero-order valence-electron chi connectivity index (χ0n) is 16.4. The van der Waals surface area contributed by atoms with Crippen molar-refractivity contribution in [1.82, 2.24) is 5.32 Å². The number of nitrogens with one attached hydrogen (secondary N) is 1. The Morgan fingerprint density at radius 3 is 2.93 bits per heavy atom. The highest BCUT2D eigenvalue weighted by atomic mass is 19.1. The quantitative estimate of drug-likeness (QED) is 0.740. The summed E-state index contributed by atoms with van der Waals surface area (Å²) in [5.74, 6) is 0.268. The molecule has 2 aromatic carbocycles. The lowest BCUT2D eigenvalue weighted by Gasteiger charge is -2.35. The van der Waals surface area contributed by atoms with E-state index in [9.17, 15) is 9.18 Å². The molecular formula is C22H27FN2O3. The standard InChI is InChI=1S/C22H27FN2O3/c1-16-8-9-20(23)21(13-16)25-10-4-6-18(15-25)24-22(26)17-5-3-7-19(14-17)28-12-11-27-2/h3,5,7-9,13-14,18H,4,6,10-12,15H2,1-2H3,(H,24,26). The average Bonchev–Trinajstić information content (AvgIpc) is 2.70. The molecule has 1 N–H and O–H groups in total. The van der Waals surface area contributed by atoms with E-state index in [1.54, 1.807) is 31.4 Å². The molecular weight excluding hydrogens is 359 g/mol. The monoisotopic (exact) mass is 386 g/mol. The maximum Gasteiger partial charge on any atom is 0.251 e. The number of piperidine rings is 1. The molecule has 1 aliphatic heterocycles. The van der Waals surface area contributed by atoms with Gasteiger partial charge in [-0.3, -0.25) is 4.79 Å². The van der Waals surface area contributed by atoms with Crippen LogP contribution in [0.1, 0.15) is 28.8 Å². The maximum atomic E-state index is 14.2. The molecule has 150 valence electrons. The fourth-order valence-corrected chi connectivity index (χ4v) is 3.42. The largest absolute Gasteiger partial charge is 0.491 e. The van der Waals surface area contributed by atoms with Crippen molar-refractivity contribution in [3.63, 3.8) is 0 Å². The van der Waals surface area contributed by atoms with E-state index >= 15 is 0 Å². The van der Waals surface area contributed by atoms with Crippen molar-refractivity contribution < 1.29 is 18.7 Å². The molecule has 1 atom stereocenters. The molecule has 2 aromatic rings. The van der Waals surface area contributed by atoms with Crippen LogP contribution in [0.15, 0.2) is 42.5 Å². The van der Waals surface area contributed by atoms with Crippen molar-refractivity contribution in [2.45, 2.75) is 25.8 Å². The molecule has 1 aliphatic rings. The lowest BCUT2D eigenvalue weighted by atomic mass is 10.0. The SMILES string of the molecule is COCCOc1cccc(C(=O)NC2CCCN(c3cc(C)ccc3F)C2)c1. The summed E-state index contributed by atoms with van der Waals surface area (Å²) in [6.45, 7) is 4.25. The number of halogens is 1. The molecule has 3 rings (SSSR count). The molecule has 0 aromatic heterocycles. The fourth-order valence-electron chi connectivity index (χ4n) is 3.42. The Kier molecular flexibility index (Phi) is 6.87. The van der Waals surface area contributed by atoms with E-state index in [0.717, 1.165) is 24.9 Å². The Morgan fingerprint density at radius 2 is 2.11 bits per heavy atom. The van der Waals surface area contributed by atoms with Gasteiger partial charge >= 0.3 is 0 Å². The van der Waals surface area contributed by atoms with Crippen LogP contribution in [0.25, 0.3) is 0 Å². The first kappa shape index (κ1) is 20.1. The second-order valence-corrected chi connectivity index (χ2v) is 7.08. The van der Waals surface area contributed by atoms with Crippen LogP contribution in [0.5, 0.6) is 5.75 Å². The number of nitrogens with zero attached hydrogens (tertiary/aromatic N) is 1. The van der Waals surface area contributed by atoms with Crippen molar-refractivity contribution in [3.05, 3.63) is 59.4 Å². The predicted molar refractivity (Wildman–Crippen MR) is 108 cm³/mol. The maximum absolute atomic E-state index is 14.2. The fraction of sp³-hybridized carbons (Fsp3) is 0.409. The molecule has 1 unspecified atom stereocenters. The summed E-state index contributed by atoms with van der Waals surface area (Å²) in [5.41, 5.74) is 2.18. The number of rotatable bonds is 7. The lowest BCUT2D eigenvalue weighted by molar-refractivity contribution is 0.0932. The van der Waals surface area contributed by atoms with Gasteiger partial charge in [-0.15, -0.1) is 0 Å². The smallest absolute Gasteiger partial charge is 0.251 e. The zero-order chi connectivity index (χ0) is 19.9. The van der Waals surface area contributed by atoms with Crippen LogP contribution >= 0.6 is 0 Å². The molecule has 5 nitrogen and oxygen atoms in total. The number of hydrogen-bond donors (Lipinski definition) is 1. The Hall–Kier alpha value is -2.60. The molecule has 1 amide bonds. The van der Waals surface area contributed by atoms with Crippen LogP contribution < -0.4 is 15.0 Å². The van der Waals surface area contributed by atoms with Crippen LogP contribution in [0.4, 0.5) is 10.1 Å². The van der Waals surface area contributed by atoms with Gasteiger partial charge in [0, 0.05) is 31.8 Å². The zero-order valence-corrected chi connectivity index (χ0v) is 16.4. The van der Waals surface area contributed by atoms with Crippen LogP contribution in [0.2, 0.25) is 0 Å². The molecule has 1 saturated heterocycles. The minimum absolute atomic E-state index is 0.0285. The lowest BCUT2D eigenvalue weighted by Crippen LogP contribution is -2.48. The van der Waals surface area contributed by atoms with Gasteiger partial charge in [-0.2, -0.15) is 0 Å². The summed E-state index contributed by atoms with van der Waals surface area (Å²) in [6.07, 6.45) is 1.78. The minimum atomic E-state index is -0.224. The van der Waals surface area contributed by atoms with Crippen LogP contribution in [0, 0.1) is 12.7 Å². The van der Waals surface area contributed by atoms with Gasteiger partial charge in [0.05, 0.1) is 12.3 Å². The average molecular weight is 386 g/mol. The molecule has 0 radical (unpaired) electrons. The molecule has 0 bridgehead atoms. The highest BCUT2D eigenvalue weighted by Gasteiger charge is 2.24. The van der Waals surface area contributed by atoms with E-state index in [1.807, 2.05) is 24.0 Å². The van der Waals surface area contributed by atoms with Gasteiger partial charge in [0.15, 0.2) is 0 Å². The molecule has 0 saturated carbocycles. The van der Waals surface area contributed by atoms with Gasteiger partial charge in [-0.1, -0.05) is 12.1 Å². The van der Waals surface area contributed by atoms with Crippen molar-refractivity contribution in [1.29, 1.82) is 0 Å². The number of benzene rings is 2. The van der Waals surface area contributed by atoms with Crippen molar-refractivity contribution in [2.24, 2.45) is 0 Å². The third-order valence-corrected chi connectivity index (χ3v) is 4.85. The van der Waals surface area contributed by atoms with Crippen molar-refractivity contribution in [3.8, 4) is 5.75 Å². The van der Waals surface area contributed by atoms with Crippen molar-refractivity contribution >= 4 is 11.6 Å². The number of carbonyl (C=O) groups excluding carboxylic acids is 1. The van der Waals surface area contributed by atoms with Gasteiger partial charge in [0.25, 0.3) is 5.91 Å². The molecule has 6 heteroatoms. The highest BCUT2D eigenvalue weighted by Crippen LogP contribution is 2.24. The number of carbonyl (C=O) groups is 1. The first-order chi connectivity index (χ1) is 13.6. The number of hydrogen-bond acceptors (Lipinski definition) is 4. The molecule has 0 aliphatic carbocycles. The summed E-state index contributed by atoms with van der Waals surface area (Å²) in [6, 6.07) is 12.2. The number of ether oxygens (including phenoxy) is 2. The van der Waals surface area contributed by atoms with E-state index in [-0.39, 0.29) is 17.8 Å². The summed E-state index contributed by atoms with van der Waals surface area (Å²) in [7, 11) is 1.61. The van der Waals surface area contributed by atoms with Crippen LogP contribution in [-0.2, 0) is 4.74 Å². The van der Waals surface area contributed by atoms with Gasteiger partial charge in [-0.05, 0) is 55.7 Å². The van der Waals surface area contributed by atoms with Crippen LogP contribution in [-0.4, -0.2) is 45.4 Å². The summed E-state index contributed by atoms with van der Waals surface area (Å²) >= 11 is 0. The second kappa shape index (κ2) is 9.55. The number of methoxy groups -OCH3 is 1. The van der Waals surface area contributed by atoms with Gasteiger partial charge < -0.3 is 19.7 Å². The summed E-state index contributed by atoms with van der Waals surface area (Å²) in [4.78, 5) is 14.7. The third-order valence-electron chi connectivity index (χ3n) is 4.85. The van der Waals surface area contributed by atoms with Gasteiger partial charge in [0.1, 0.15) is 18.2 Å². The number of aryl methyl sites for hydroxylation is 1. The molecule has 1 heterocycles. The van der Waals surface area contributed by atoms with E-state index < -0.39 is 0 Å². The minimum Gasteiger partial charge on any atom is -0.491 e. The van der Waals surface area contributed by atoms with Crippen molar-refractivity contribution in [2.75, 3.05) is 38.3 Å².